The van der Waals surface area contributed by atoms with Crippen LogP contribution >= 0.6 is 0 Å². The van der Waals surface area contributed by atoms with E-state index in [-0.39, 0.29) is 7.11 Å². The minimum absolute atomic E-state index is 0.250. The van der Waals surface area contributed by atoms with E-state index in [4.69, 9.17) is 5.11 Å². The summed E-state index contributed by atoms with van der Waals surface area (Å²) in [6.45, 7) is 0. The van der Waals surface area contributed by atoms with Crippen LogP contribution in [0.5, 0.6) is 0 Å². The average Bonchev–Trinajstić information content (AvgIpc) is 2.59. The molecule has 0 spiro atoms. The monoisotopic (exact) mass is 504 g/mol. The fourth-order valence-corrected chi connectivity index (χ4v) is 1.57. The van der Waals surface area contributed by atoms with E-state index in [0.29, 0.717) is 0 Å². The first-order valence-electron chi connectivity index (χ1n) is 6.52. The molecule has 0 heterocycles. The van der Waals surface area contributed by atoms with Gasteiger partial charge in [-0.1, -0.05) is 0 Å². The van der Waals surface area contributed by atoms with Crippen molar-refractivity contribution in [2.75, 3.05) is 7.11 Å². The second-order valence-corrected chi connectivity index (χ2v) is 5.39. The number of carboxylic acid groups (broad SMARTS) is 1. The molecule has 0 aromatic rings. The first-order chi connectivity index (χ1) is 13.2. The molecule has 0 bridgehead atoms. The average molecular weight is 504 g/mol. The second kappa shape index (κ2) is 7.17. The Morgan fingerprint density at radius 2 is 0.742 bits per heavy atom. The molecule has 31 heavy (non-hydrogen) atoms. The predicted octanol–water partition coefficient (Wildman–Crippen LogP) is 4.33. The van der Waals surface area contributed by atoms with Gasteiger partial charge in [-0.25, -0.2) is 9.59 Å². The van der Waals surface area contributed by atoms with Crippen LogP contribution in [0.25, 0.3) is 0 Å². The van der Waals surface area contributed by atoms with Gasteiger partial charge in [0.25, 0.3) is 0 Å². The van der Waals surface area contributed by atoms with Gasteiger partial charge >= 0.3 is 59.3 Å². The van der Waals surface area contributed by atoms with Gasteiger partial charge in [-0.2, -0.15) is 70.2 Å². The molecule has 0 unspecified atom stereocenters. The normalized spacial score (nSPS) is 15.6. The number of carbonyl (C=O) groups is 2. The zero-order valence-electron chi connectivity index (χ0n) is 13.7. The summed E-state index contributed by atoms with van der Waals surface area (Å²) in [5.74, 6) is -73.7. The minimum Gasteiger partial charge on any atom is -0.477 e. The highest BCUT2D eigenvalue weighted by atomic mass is 19.4. The van der Waals surface area contributed by atoms with Gasteiger partial charge in [0.15, 0.2) is 0 Å². The lowest BCUT2D eigenvalue weighted by Gasteiger charge is -2.42. The summed E-state index contributed by atoms with van der Waals surface area (Å²) in [6, 6.07) is 0. The summed E-state index contributed by atoms with van der Waals surface area (Å²) in [5, 5.41) is 7.68. The standard InChI is InChI=1S/C11H4F16O4/c1-31-3(30)5(14,15)7(18,19)9(22,23)11(26,27)10(24,25)8(20,21)6(16,17)4(12,13)2(28)29/h1H3,(H,28,29). The third-order valence-corrected chi connectivity index (χ3v) is 3.47. The Bertz CT molecular complexity index is 727. The molecule has 4 nitrogen and oxygen atoms in total. The number of methoxy groups -OCH3 is 1. The van der Waals surface area contributed by atoms with E-state index in [0.717, 1.165) is 0 Å². The molecular weight excluding hydrogens is 500 g/mol. The number of alkyl halides is 16. The van der Waals surface area contributed by atoms with E-state index in [2.05, 4.69) is 4.74 Å². The van der Waals surface area contributed by atoms with Crippen LogP contribution in [0.3, 0.4) is 0 Å². The first-order valence-corrected chi connectivity index (χ1v) is 6.52. The van der Waals surface area contributed by atoms with E-state index < -0.39 is 59.3 Å². The Morgan fingerprint density at radius 1 is 0.516 bits per heavy atom. The fourth-order valence-electron chi connectivity index (χ4n) is 1.57. The number of aliphatic carboxylic acids is 1. The Morgan fingerprint density at radius 3 is 0.968 bits per heavy atom. The molecule has 0 aromatic carbocycles. The third-order valence-electron chi connectivity index (χ3n) is 3.47. The van der Waals surface area contributed by atoms with Crippen LogP contribution in [-0.4, -0.2) is 71.5 Å². The van der Waals surface area contributed by atoms with Gasteiger partial charge in [-0.3, -0.25) is 0 Å². The fraction of sp³-hybridized carbons (Fsp3) is 0.818. The summed E-state index contributed by atoms with van der Waals surface area (Å²) in [4.78, 5) is 20.3. The van der Waals surface area contributed by atoms with E-state index in [1.165, 1.54) is 0 Å². The lowest BCUT2D eigenvalue weighted by Crippen LogP contribution is -2.75. The van der Waals surface area contributed by atoms with Crippen LogP contribution in [0.4, 0.5) is 70.2 Å². The van der Waals surface area contributed by atoms with Crippen molar-refractivity contribution in [1.29, 1.82) is 0 Å². The molecule has 0 rings (SSSR count). The Hall–Kier alpha value is -2.18. The number of hydrogen-bond donors (Lipinski definition) is 1. The van der Waals surface area contributed by atoms with Crippen LogP contribution in [0, 0.1) is 0 Å². The zero-order valence-corrected chi connectivity index (χ0v) is 13.7. The predicted molar refractivity (Wildman–Crippen MR) is 59.2 cm³/mol. The van der Waals surface area contributed by atoms with E-state index in [9.17, 15) is 79.8 Å². The number of carbonyl (C=O) groups excluding carboxylic acids is 1. The van der Waals surface area contributed by atoms with Gasteiger partial charge < -0.3 is 9.84 Å². The van der Waals surface area contributed by atoms with Crippen molar-refractivity contribution in [1.82, 2.24) is 0 Å². The van der Waals surface area contributed by atoms with Crippen molar-refractivity contribution >= 4 is 11.9 Å². The summed E-state index contributed by atoms with van der Waals surface area (Å²) < 4.78 is 213. The van der Waals surface area contributed by atoms with Gasteiger partial charge in [-0.05, 0) is 0 Å². The molecule has 0 fully saturated rings. The second-order valence-electron chi connectivity index (χ2n) is 5.39. The molecule has 0 saturated heterocycles. The van der Waals surface area contributed by atoms with Crippen LogP contribution in [0.15, 0.2) is 0 Å². The van der Waals surface area contributed by atoms with Crippen molar-refractivity contribution in [3.8, 4) is 0 Å². The number of hydrogen-bond acceptors (Lipinski definition) is 3. The topological polar surface area (TPSA) is 63.6 Å². The Kier molecular flexibility index (Phi) is 6.67. The summed E-state index contributed by atoms with van der Waals surface area (Å²) in [7, 11) is -0.250. The van der Waals surface area contributed by atoms with Gasteiger partial charge in [0.1, 0.15) is 0 Å². The molecule has 0 radical (unpaired) electrons. The van der Waals surface area contributed by atoms with Crippen LogP contribution in [-0.2, 0) is 14.3 Å². The molecule has 1 N–H and O–H groups in total. The third kappa shape index (κ3) is 3.31. The van der Waals surface area contributed by atoms with Gasteiger partial charge in [0, 0.05) is 0 Å². The van der Waals surface area contributed by atoms with Crippen LogP contribution < -0.4 is 0 Å². The number of ether oxygens (including phenoxy) is 1. The maximum Gasteiger partial charge on any atom is 0.410 e. The SMILES string of the molecule is COC(=O)C(F)(F)C(F)(F)C(F)(F)C(F)(F)C(F)(F)C(F)(F)C(F)(F)C(F)(F)C(=O)O. The molecule has 0 saturated carbocycles. The maximum absolute atomic E-state index is 13.3. The van der Waals surface area contributed by atoms with Crippen molar-refractivity contribution in [2.45, 2.75) is 47.4 Å². The number of halogens is 16. The lowest BCUT2D eigenvalue weighted by molar-refractivity contribution is -0.448. The highest BCUT2D eigenvalue weighted by Gasteiger charge is 2.96. The minimum atomic E-state index is -8.76. The molecule has 20 heteroatoms. The largest absolute Gasteiger partial charge is 0.477 e. The van der Waals surface area contributed by atoms with Crippen molar-refractivity contribution in [2.24, 2.45) is 0 Å². The molecule has 0 aliphatic rings. The van der Waals surface area contributed by atoms with Crippen molar-refractivity contribution in [3.63, 3.8) is 0 Å². The van der Waals surface area contributed by atoms with Gasteiger partial charge in [-0.15, -0.1) is 0 Å². The maximum atomic E-state index is 13.3. The smallest absolute Gasteiger partial charge is 0.410 e. The van der Waals surface area contributed by atoms with Gasteiger partial charge in [0.2, 0.25) is 0 Å². The Balaban J connectivity index is 6.90. The lowest BCUT2D eigenvalue weighted by atomic mass is 9.87. The number of carboxylic acids is 1. The highest BCUT2D eigenvalue weighted by Crippen LogP contribution is 2.63. The van der Waals surface area contributed by atoms with Crippen molar-refractivity contribution in [3.05, 3.63) is 0 Å². The molecule has 0 amide bonds. The number of esters is 1. The molecular formula is C11H4F16O4. The molecule has 0 aliphatic carbocycles. The molecule has 0 atom stereocenters. The summed E-state index contributed by atoms with van der Waals surface area (Å²) >= 11 is 0. The van der Waals surface area contributed by atoms with Crippen LogP contribution in [0.1, 0.15) is 0 Å². The van der Waals surface area contributed by atoms with E-state index >= 15 is 0 Å². The van der Waals surface area contributed by atoms with Crippen molar-refractivity contribution < 1.29 is 89.7 Å². The molecule has 0 aliphatic heterocycles. The first kappa shape index (κ1) is 28.8. The molecule has 0 aromatic heterocycles. The highest BCUT2D eigenvalue weighted by molar-refractivity contribution is 5.79. The summed E-state index contributed by atoms with van der Waals surface area (Å²) in [5.41, 5.74) is 0. The van der Waals surface area contributed by atoms with E-state index in [1.54, 1.807) is 0 Å². The zero-order chi connectivity index (χ0) is 25.9. The molecule has 184 valence electrons. The van der Waals surface area contributed by atoms with Gasteiger partial charge in [0.05, 0.1) is 7.11 Å². The quantitative estimate of drug-likeness (QED) is 0.376. The summed E-state index contributed by atoms with van der Waals surface area (Å²) in [6.07, 6.45) is 0. The van der Waals surface area contributed by atoms with Crippen LogP contribution in [0.2, 0.25) is 0 Å². The Labute approximate surface area is 157 Å². The number of rotatable bonds is 9. The van der Waals surface area contributed by atoms with E-state index in [1.807, 2.05) is 0 Å².